The van der Waals surface area contributed by atoms with E-state index >= 15 is 0 Å². The highest BCUT2D eigenvalue weighted by atomic mass is 35.5. The highest BCUT2D eigenvalue weighted by molar-refractivity contribution is 6.32. The van der Waals surface area contributed by atoms with Gasteiger partial charge in [-0.3, -0.25) is 0 Å². The van der Waals surface area contributed by atoms with E-state index in [1.54, 1.807) is 7.11 Å². The highest BCUT2D eigenvalue weighted by Crippen LogP contribution is 2.38. The molecule has 1 atom stereocenters. The topological polar surface area (TPSA) is 21.3 Å². The van der Waals surface area contributed by atoms with Crippen molar-refractivity contribution in [2.24, 2.45) is 0 Å². The van der Waals surface area contributed by atoms with Gasteiger partial charge < -0.3 is 10.1 Å². The molecular formula is C13H18ClNO. The van der Waals surface area contributed by atoms with E-state index < -0.39 is 0 Å². The second-order valence-corrected chi connectivity index (χ2v) is 4.82. The van der Waals surface area contributed by atoms with Crippen molar-refractivity contribution in [2.45, 2.75) is 26.2 Å². The molecule has 1 aliphatic rings. The predicted octanol–water partition coefficient (Wildman–Crippen LogP) is 3.04. The van der Waals surface area contributed by atoms with Gasteiger partial charge in [-0.2, -0.15) is 0 Å². The number of hydrogen-bond donors (Lipinski definition) is 1. The normalized spacial score (nSPS) is 20.1. The van der Waals surface area contributed by atoms with Gasteiger partial charge in [0, 0.05) is 23.0 Å². The molecule has 1 aromatic carbocycles. The molecule has 2 nitrogen and oxygen atoms in total. The zero-order valence-corrected chi connectivity index (χ0v) is 10.8. The van der Waals surface area contributed by atoms with Crippen LogP contribution in [0.2, 0.25) is 5.02 Å². The first-order chi connectivity index (χ1) is 7.65. The Morgan fingerprint density at radius 3 is 2.75 bits per heavy atom. The van der Waals surface area contributed by atoms with Crippen LogP contribution in [0.1, 0.15) is 29.0 Å². The zero-order valence-electron chi connectivity index (χ0n) is 10.1. The Morgan fingerprint density at radius 1 is 1.44 bits per heavy atom. The van der Waals surface area contributed by atoms with Gasteiger partial charge in [-0.15, -0.1) is 0 Å². The van der Waals surface area contributed by atoms with Crippen molar-refractivity contribution < 1.29 is 4.74 Å². The van der Waals surface area contributed by atoms with Gasteiger partial charge in [-0.25, -0.2) is 0 Å². The largest absolute Gasteiger partial charge is 0.496 e. The lowest BCUT2D eigenvalue weighted by molar-refractivity contribution is 0.405. The smallest absolute Gasteiger partial charge is 0.123 e. The Labute approximate surface area is 102 Å². The van der Waals surface area contributed by atoms with Crippen LogP contribution in [-0.4, -0.2) is 20.2 Å². The fraction of sp³-hybridized carbons (Fsp3) is 0.538. The molecule has 1 unspecified atom stereocenters. The molecule has 3 heteroatoms. The minimum absolute atomic E-state index is 0.535. The summed E-state index contributed by atoms with van der Waals surface area (Å²) < 4.78 is 5.49. The first-order valence-electron chi connectivity index (χ1n) is 5.69. The number of rotatable bonds is 2. The third-order valence-electron chi connectivity index (χ3n) is 3.38. The Kier molecular flexibility index (Phi) is 3.41. The number of nitrogens with one attached hydrogen (secondary N) is 1. The molecule has 1 aromatic rings. The van der Waals surface area contributed by atoms with E-state index in [-0.39, 0.29) is 0 Å². The summed E-state index contributed by atoms with van der Waals surface area (Å²) in [5.74, 6) is 1.51. The molecule has 2 rings (SSSR count). The summed E-state index contributed by atoms with van der Waals surface area (Å²) >= 11 is 6.31. The van der Waals surface area contributed by atoms with Crippen molar-refractivity contribution in [2.75, 3.05) is 20.2 Å². The summed E-state index contributed by atoms with van der Waals surface area (Å²) in [7, 11) is 1.73. The van der Waals surface area contributed by atoms with Crippen LogP contribution in [0.15, 0.2) is 6.07 Å². The van der Waals surface area contributed by atoms with Crippen molar-refractivity contribution >= 4 is 11.6 Å². The molecule has 88 valence electrons. The Balaban J connectivity index is 2.52. The fourth-order valence-electron chi connectivity index (χ4n) is 2.51. The fourth-order valence-corrected chi connectivity index (χ4v) is 2.67. The van der Waals surface area contributed by atoms with Crippen LogP contribution in [0.5, 0.6) is 5.75 Å². The molecule has 0 radical (unpaired) electrons. The monoisotopic (exact) mass is 239 g/mol. The average molecular weight is 240 g/mol. The van der Waals surface area contributed by atoms with Crippen LogP contribution >= 0.6 is 11.6 Å². The molecule has 1 saturated heterocycles. The summed E-state index contributed by atoms with van der Waals surface area (Å²) in [5, 5.41) is 4.26. The maximum atomic E-state index is 6.31. The molecule has 1 heterocycles. The quantitative estimate of drug-likeness (QED) is 0.857. The number of ether oxygens (including phenoxy) is 1. The van der Waals surface area contributed by atoms with Crippen molar-refractivity contribution in [1.29, 1.82) is 0 Å². The minimum Gasteiger partial charge on any atom is -0.496 e. The molecule has 0 bridgehead atoms. The maximum Gasteiger partial charge on any atom is 0.123 e. The molecule has 0 spiro atoms. The lowest BCUT2D eigenvalue weighted by Gasteiger charge is -2.19. The molecule has 0 aromatic heterocycles. The molecule has 16 heavy (non-hydrogen) atoms. The summed E-state index contributed by atoms with van der Waals surface area (Å²) in [6, 6.07) is 2.04. The van der Waals surface area contributed by atoms with E-state index in [1.165, 1.54) is 11.1 Å². The van der Waals surface area contributed by atoms with Gasteiger partial charge in [0.2, 0.25) is 0 Å². The SMILES string of the molecule is COc1cc(C)c(Cl)c(C)c1C1CCNC1. The Hall–Kier alpha value is -0.730. The van der Waals surface area contributed by atoms with E-state index in [4.69, 9.17) is 16.3 Å². The summed E-state index contributed by atoms with van der Waals surface area (Å²) in [4.78, 5) is 0. The summed E-state index contributed by atoms with van der Waals surface area (Å²) in [5.41, 5.74) is 3.54. The number of hydrogen-bond acceptors (Lipinski definition) is 2. The molecule has 1 fully saturated rings. The van der Waals surface area contributed by atoms with E-state index in [0.717, 1.165) is 35.8 Å². The molecule has 0 amide bonds. The van der Waals surface area contributed by atoms with Gasteiger partial charge in [0.1, 0.15) is 5.75 Å². The van der Waals surface area contributed by atoms with Crippen molar-refractivity contribution in [3.8, 4) is 5.75 Å². The van der Waals surface area contributed by atoms with E-state index in [1.807, 2.05) is 13.0 Å². The highest BCUT2D eigenvalue weighted by Gasteiger charge is 2.24. The van der Waals surface area contributed by atoms with Crippen molar-refractivity contribution in [3.05, 3.63) is 27.8 Å². The van der Waals surface area contributed by atoms with E-state index in [2.05, 4.69) is 12.2 Å². The summed E-state index contributed by atoms with van der Waals surface area (Å²) in [6.07, 6.45) is 1.16. The zero-order chi connectivity index (χ0) is 11.7. The van der Waals surface area contributed by atoms with Crippen molar-refractivity contribution in [1.82, 2.24) is 5.32 Å². The van der Waals surface area contributed by atoms with Gasteiger partial charge in [0.05, 0.1) is 7.11 Å². The van der Waals surface area contributed by atoms with Crippen LogP contribution in [0.4, 0.5) is 0 Å². The third kappa shape index (κ3) is 1.92. The van der Waals surface area contributed by atoms with Crippen LogP contribution in [-0.2, 0) is 0 Å². The van der Waals surface area contributed by atoms with Crippen molar-refractivity contribution in [3.63, 3.8) is 0 Å². The lowest BCUT2D eigenvalue weighted by Crippen LogP contribution is -2.10. The van der Waals surface area contributed by atoms with Gasteiger partial charge in [-0.1, -0.05) is 11.6 Å². The summed E-state index contributed by atoms with van der Waals surface area (Å²) in [6.45, 7) is 6.22. The van der Waals surface area contributed by atoms with Gasteiger partial charge >= 0.3 is 0 Å². The van der Waals surface area contributed by atoms with Crippen LogP contribution in [0.3, 0.4) is 0 Å². The van der Waals surface area contributed by atoms with Gasteiger partial charge in [-0.05, 0) is 44.0 Å². The molecule has 0 saturated carbocycles. The first-order valence-corrected chi connectivity index (χ1v) is 6.07. The van der Waals surface area contributed by atoms with E-state index in [9.17, 15) is 0 Å². The minimum atomic E-state index is 0.535. The number of aryl methyl sites for hydroxylation is 1. The predicted molar refractivity (Wildman–Crippen MR) is 67.7 cm³/mol. The van der Waals surface area contributed by atoms with E-state index in [0.29, 0.717) is 5.92 Å². The number of methoxy groups -OCH3 is 1. The third-order valence-corrected chi connectivity index (χ3v) is 3.96. The second kappa shape index (κ2) is 4.64. The first kappa shape index (κ1) is 11.7. The van der Waals surface area contributed by atoms with Crippen LogP contribution in [0.25, 0.3) is 0 Å². The van der Waals surface area contributed by atoms with Crippen LogP contribution in [0, 0.1) is 13.8 Å². The lowest BCUT2D eigenvalue weighted by atomic mass is 9.91. The Bertz CT molecular complexity index is 397. The Morgan fingerprint density at radius 2 is 2.19 bits per heavy atom. The van der Waals surface area contributed by atoms with Gasteiger partial charge in [0.25, 0.3) is 0 Å². The molecular weight excluding hydrogens is 222 g/mol. The molecule has 1 N–H and O–H groups in total. The second-order valence-electron chi connectivity index (χ2n) is 4.44. The standard InChI is InChI=1S/C13H18ClNO/c1-8-6-11(16-3)12(9(2)13(8)14)10-4-5-15-7-10/h6,10,15H,4-5,7H2,1-3H3. The molecule has 1 aliphatic heterocycles. The maximum absolute atomic E-state index is 6.31. The molecule has 0 aliphatic carbocycles. The van der Waals surface area contributed by atoms with Gasteiger partial charge in [0.15, 0.2) is 0 Å². The average Bonchev–Trinajstić information content (AvgIpc) is 2.78. The van der Waals surface area contributed by atoms with Crippen LogP contribution < -0.4 is 10.1 Å². The number of halogens is 1. The number of benzene rings is 1.